The van der Waals surface area contributed by atoms with Gasteiger partial charge in [-0.25, -0.2) is 0 Å². The molecule has 0 saturated carbocycles. The molecule has 1 aromatic heterocycles. The first kappa shape index (κ1) is 13.6. The summed E-state index contributed by atoms with van der Waals surface area (Å²) < 4.78 is 11.1. The summed E-state index contributed by atoms with van der Waals surface area (Å²) in [4.78, 5) is 3.25. The number of benzene rings is 1. The molecule has 1 fully saturated rings. The van der Waals surface area contributed by atoms with Crippen LogP contribution in [0.25, 0.3) is 11.0 Å². The number of hydrogen-bond donors (Lipinski definition) is 0. The van der Waals surface area contributed by atoms with Gasteiger partial charge in [-0.15, -0.1) is 0 Å². The lowest BCUT2D eigenvalue weighted by atomic mass is 10.1. The molecule has 20 heavy (non-hydrogen) atoms. The second kappa shape index (κ2) is 5.54. The van der Waals surface area contributed by atoms with Gasteiger partial charge in [-0.1, -0.05) is 18.3 Å². The molecule has 4 heteroatoms. The van der Waals surface area contributed by atoms with E-state index in [1.807, 2.05) is 13.0 Å². The smallest absolute Gasteiger partial charge is 0.134 e. The Bertz CT molecular complexity index is 641. The maximum atomic E-state index is 5.72. The molecule has 0 aliphatic carbocycles. The van der Waals surface area contributed by atoms with Crippen LogP contribution in [0.2, 0.25) is 0 Å². The van der Waals surface area contributed by atoms with Crippen molar-refractivity contribution in [2.75, 3.05) is 26.3 Å². The molecule has 0 spiro atoms. The highest BCUT2D eigenvalue weighted by Gasteiger charge is 2.14. The molecule has 3 rings (SSSR count). The summed E-state index contributed by atoms with van der Waals surface area (Å²) in [5, 5.41) is 1.20. The molecule has 2 heterocycles. The number of morpholine rings is 1. The van der Waals surface area contributed by atoms with E-state index in [1.54, 1.807) is 0 Å². The average molecular weight is 289 g/mol. The quantitative estimate of drug-likeness (QED) is 0.793. The Morgan fingerprint density at radius 1 is 1.25 bits per heavy atom. The fourth-order valence-electron chi connectivity index (χ4n) is 2.60. The van der Waals surface area contributed by atoms with E-state index in [9.17, 15) is 0 Å². The minimum Gasteiger partial charge on any atom is -0.461 e. The maximum Gasteiger partial charge on any atom is 0.134 e. The molecule has 0 N–H and O–H groups in total. The van der Waals surface area contributed by atoms with Crippen LogP contribution in [0.15, 0.2) is 22.6 Å². The third-order valence-electron chi connectivity index (χ3n) is 3.96. The molecule has 0 atom stereocenters. The summed E-state index contributed by atoms with van der Waals surface area (Å²) in [6.45, 7) is 7.48. The summed E-state index contributed by atoms with van der Waals surface area (Å²) in [6, 6.07) is 6.36. The van der Waals surface area contributed by atoms with Gasteiger partial charge in [0.1, 0.15) is 11.3 Å². The third-order valence-corrected chi connectivity index (χ3v) is 4.36. The van der Waals surface area contributed by atoms with Crippen molar-refractivity contribution in [2.45, 2.75) is 20.3 Å². The van der Waals surface area contributed by atoms with Crippen LogP contribution in [0.3, 0.4) is 0 Å². The van der Waals surface area contributed by atoms with Crippen LogP contribution in [0, 0.1) is 13.8 Å². The number of hydrogen-bond acceptors (Lipinski definition) is 3. The van der Waals surface area contributed by atoms with E-state index in [2.05, 4.69) is 24.0 Å². The first-order chi connectivity index (χ1) is 9.65. The van der Waals surface area contributed by atoms with Crippen molar-refractivity contribution in [1.82, 2.24) is 4.90 Å². The molecular weight excluding hydrogens is 270 g/mol. The number of fused-ring (bicyclic) bond motifs is 1. The molecule has 3 nitrogen and oxygen atoms in total. The molecule has 0 unspecified atom stereocenters. The zero-order valence-corrected chi connectivity index (χ0v) is 12.8. The fourth-order valence-corrected chi connectivity index (χ4v) is 2.95. The Morgan fingerprint density at radius 2 is 2.00 bits per heavy atom. The SMILES string of the molecule is Cc1oc2ccc(CC(=S)N3CCOCC3)cc2c1C. The number of rotatable bonds is 2. The number of nitrogens with zero attached hydrogens (tertiary/aromatic N) is 1. The van der Waals surface area contributed by atoms with Gasteiger partial charge in [-0.05, 0) is 37.1 Å². The number of ether oxygens (including phenoxy) is 1. The molecule has 0 bridgehead atoms. The Hall–Kier alpha value is -1.39. The highest BCUT2D eigenvalue weighted by atomic mass is 32.1. The lowest BCUT2D eigenvalue weighted by molar-refractivity contribution is 0.0685. The zero-order chi connectivity index (χ0) is 14.1. The van der Waals surface area contributed by atoms with Crippen molar-refractivity contribution in [3.8, 4) is 0 Å². The van der Waals surface area contributed by atoms with Gasteiger partial charge in [-0.2, -0.15) is 0 Å². The monoisotopic (exact) mass is 289 g/mol. The van der Waals surface area contributed by atoms with Crippen molar-refractivity contribution in [1.29, 1.82) is 0 Å². The van der Waals surface area contributed by atoms with Crippen LogP contribution in [-0.4, -0.2) is 36.2 Å². The van der Waals surface area contributed by atoms with Gasteiger partial charge < -0.3 is 14.1 Å². The largest absolute Gasteiger partial charge is 0.461 e. The van der Waals surface area contributed by atoms with Crippen molar-refractivity contribution in [2.24, 2.45) is 0 Å². The first-order valence-corrected chi connectivity index (χ1v) is 7.40. The van der Waals surface area contributed by atoms with E-state index < -0.39 is 0 Å². The summed E-state index contributed by atoms with van der Waals surface area (Å²) in [5.74, 6) is 0.993. The number of thiocarbonyl (C=S) groups is 1. The summed E-state index contributed by atoms with van der Waals surface area (Å²) in [6.07, 6.45) is 0.814. The molecule has 1 aliphatic rings. The Balaban J connectivity index is 1.80. The minimum absolute atomic E-state index is 0.777. The lowest BCUT2D eigenvalue weighted by Gasteiger charge is -2.29. The minimum atomic E-state index is 0.777. The van der Waals surface area contributed by atoms with Gasteiger partial charge in [0.2, 0.25) is 0 Å². The highest BCUT2D eigenvalue weighted by molar-refractivity contribution is 7.80. The van der Waals surface area contributed by atoms with Crippen LogP contribution in [0.4, 0.5) is 0 Å². The molecule has 0 radical (unpaired) electrons. The Morgan fingerprint density at radius 3 is 2.75 bits per heavy atom. The van der Waals surface area contributed by atoms with Gasteiger partial charge in [0, 0.05) is 24.9 Å². The predicted octanol–water partition coefficient (Wildman–Crippen LogP) is 3.25. The summed E-state index contributed by atoms with van der Waals surface area (Å²) in [7, 11) is 0. The van der Waals surface area contributed by atoms with E-state index in [-0.39, 0.29) is 0 Å². The van der Waals surface area contributed by atoms with E-state index in [0.29, 0.717) is 0 Å². The van der Waals surface area contributed by atoms with Crippen LogP contribution in [-0.2, 0) is 11.2 Å². The van der Waals surface area contributed by atoms with Gasteiger partial charge in [0.05, 0.1) is 18.2 Å². The van der Waals surface area contributed by atoms with Crippen molar-refractivity contribution in [3.63, 3.8) is 0 Å². The fraction of sp³-hybridized carbons (Fsp3) is 0.438. The van der Waals surface area contributed by atoms with Gasteiger partial charge in [0.25, 0.3) is 0 Å². The predicted molar refractivity (Wildman–Crippen MR) is 84.4 cm³/mol. The van der Waals surface area contributed by atoms with Crippen LogP contribution in [0.5, 0.6) is 0 Å². The standard InChI is InChI=1S/C16H19NO2S/c1-11-12(2)19-15-4-3-13(9-14(11)15)10-16(20)17-5-7-18-8-6-17/h3-4,9H,5-8,10H2,1-2H3. The van der Waals surface area contributed by atoms with E-state index >= 15 is 0 Å². The molecular formula is C16H19NO2S. The van der Waals surface area contributed by atoms with Crippen molar-refractivity contribution in [3.05, 3.63) is 35.1 Å². The number of furan rings is 1. The Kier molecular flexibility index (Phi) is 3.76. The highest BCUT2D eigenvalue weighted by Crippen LogP contribution is 2.26. The van der Waals surface area contributed by atoms with Crippen LogP contribution in [0.1, 0.15) is 16.9 Å². The van der Waals surface area contributed by atoms with E-state index in [1.165, 1.54) is 16.5 Å². The van der Waals surface area contributed by atoms with Crippen molar-refractivity contribution < 1.29 is 9.15 Å². The summed E-state index contributed by atoms with van der Waals surface area (Å²) >= 11 is 5.56. The lowest BCUT2D eigenvalue weighted by Crippen LogP contribution is -2.40. The van der Waals surface area contributed by atoms with Gasteiger partial charge in [-0.3, -0.25) is 0 Å². The maximum absolute atomic E-state index is 5.72. The van der Waals surface area contributed by atoms with Crippen molar-refractivity contribution >= 4 is 28.2 Å². The molecule has 106 valence electrons. The van der Waals surface area contributed by atoms with Gasteiger partial charge >= 0.3 is 0 Å². The molecule has 2 aromatic rings. The second-order valence-corrected chi connectivity index (χ2v) is 5.75. The molecule has 1 saturated heterocycles. The zero-order valence-electron chi connectivity index (χ0n) is 11.9. The Labute approximate surface area is 124 Å². The molecule has 1 aliphatic heterocycles. The van der Waals surface area contributed by atoms with E-state index in [0.717, 1.165) is 49.1 Å². The average Bonchev–Trinajstić information content (AvgIpc) is 2.75. The molecule has 0 amide bonds. The van der Waals surface area contributed by atoms with Gasteiger partial charge in [0.15, 0.2) is 0 Å². The number of aryl methyl sites for hydroxylation is 2. The normalized spacial score (nSPS) is 15.8. The summed E-state index contributed by atoms with van der Waals surface area (Å²) in [5.41, 5.74) is 3.43. The van der Waals surface area contributed by atoms with Crippen LogP contribution < -0.4 is 0 Å². The second-order valence-electron chi connectivity index (χ2n) is 5.28. The first-order valence-electron chi connectivity index (χ1n) is 6.99. The molecule has 1 aromatic carbocycles. The van der Waals surface area contributed by atoms with Crippen LogP contribution >= 0.6 is 12.2 Å². The van der Waals surface area contributed by atoms with E-state index in [4.69, 9.17) is 21.4 Å². The topological polar surface area (TPSA) is 25.6 Å². The third kappa shape index (κ3) is 2.58.